The van der Waals surface area contributed by atoms with Gasteiger partial charge in [0.15, 0.2) is 6.23 Å². The summed E-state index contributed by atoms with van der Waals surface area (Å²) in [5.74, 6) is 0. The van der Waals surface area contributed by atoms with E-state index in [1.807, 2.05) is 54.7 Å². The second kappa shape index (κ2) is 5.29. The lowest BCUT2D eigenvalue weighted by Gasteiger charge is -2.22. The maximum Gasteiger partial charge on any atom is 0.153 e. The van der Waals surface area contributed by atoms with Crippen LogP contribution in [0.15, 0.2) is 55.0 Å². The molecular formula is C18H14N6O. The zero-order valence-electron chi connectivity index (χ0n) is 13.1. The summed E-state index contributed by atoms with van der Waals surface area (Å²) in [4.78, 5) is 7.30. The highest BCUT2D eigenvalue weighted by molar-refractivity contribution is 5.90. The summed E-state index contributed by atoms with van der Waals surface area (Å²) in [6, 6.07) is 13.6. The molecule has 0 bridgehead atoms. The molecule has 122 valence electrons. The van der Waals surface area contributed by atoms with Crippen molar-refractivity contribution in [3.63, 3.8) is 0 Å². The summed E-state index contributed by atoms with van der Waals surface area (Å²) in [5, 5.41) is 21.9. The van der Waals surface area contributed by atoms with Crippen LogP contribution in [0.25, 0.3) is 28.4 Å². The lowest BCUT2D eigenvalue weighted by molar-refractivity contribution is 0.261. The molecule has 0 amide bonds. The Hall–Kier alpha value is -3.45. The largest absolute Gasteiger partial charge is 0.369 e. The molecule has 0 fully saturated rings. The van der Waals surface area contributed by atoms with Gasteiger partial charge in [-0.1, -0.05) is 23.4 Å². The lowest BCUT2D eigenvalue weighted by Crippen LogP contribution is -2.24. The molecule has 4 aromatic rings. The van der Waals surface area contributed by atoms with Crippen molar-refractivity contribution >= 4 is 28.4 Å². The molecule has 3 N–H and O–H groups in total. The number of nitrogens with zero attached hydrogens (tertiary/aromatic N) is 4. The number of anilines is 1. The summed E-state index contributed by atoms with van der Waals surface area (Å²) in [6.45, 7) is 0. The van der Waals surface area contributed by atoms with E-state index in [1.165, 1.54) is 0 Å². The van der Waals surface area contributed by atoms with Crippen molar-refractivity contribution < 1.29 is 5.11 Å². The van der Waals surface area contributed by atoms with Crippen LogP contribution < -0.4 is 5.32 Å². The van der Waals surface area contributed by atoms with Crippen molar-refractivity contribution in [2.75, 3.05) is 5.32 Å². The van der Waals surface area contributed by atoms with Crippen molar-refractivity contribution in [1.82, 2.24) is 25.0 Å². The molecule has 7 nitrogen and oxygen atoms in total. The number of aromatic amines is 1. The van der Waals surface area contributed by atoms with E-state index < -0.39 is 6.23 Å². The molecule has 2 aromatic carbocycles. The normalized spacial score (nSPS) is 16.4. The first-order chi connectivity index (χ1) is 12.3. The zero-order valence-corrected chi connectivity index (χ0v) is 13.1. The number of imidazole rings is 1. The van der Waals surface area contributed by atoms with Crippen LogP contribution in [0, 0.1) is 0 Å². The summed E-state index contributed by atoms with van der Waals surface area (Å²) in [5.41, 5.74) is 5.92. The molecule has 0 spiro atoms. The number of hydrogen-bond donors (Lipinski definition) is 3. The van der Waals surface area contributed by atoms with E-state index in [0.717, 1.165) is 28.0 Å². The van der Waals surface area contributed by atoms with Crippen LogP contribution in [0.3, 0.4) is 0 Å². The number of aromatic nitrogens is 5. The number of nitrogens with one attached hydrogen (secondary N) is 2. The van der Waals surface area contributed by atoms with E-state index >= 15 is 0 Å². The zero-order chi connectivity index (χ0) is 16.8. The van der Waals surface area contributed by atoms with Crippen LogP contribution in [-0.4, -0.2) is 36.3 Å². The molecule has 7 heteroatoms. The average molecular weight is 330 g/mol. The summed E-state index contributed by atoms with van der Waals surface area (Å²) in [7, 11) is 0. The Morgan fingerprint density at radius 3 is 3.00 bits per heavy atom. The molecule has 0 aliphatic carbocycles. The van der Waals surface area contributed by atoms with Crippen molar-refractivity contribution in [3.8, 4) is 5.69 Å². The third-order valence-corrected chi connectivity index (χ3v) is 4.32. The fourth-order valence-corrected chi connectivity index (χ4v) is 3.03. The monoisotopic (exact) mass is 330 g/mol. The first-order valence-corrected chi connectivity index (χ1v) is 7.89. The predicted molar refractivity (Wildman–Crippen MR) is 95.0 cm³/mol. The molecular weight excluding hydrogens is 316 g/mol. The molecule has 1 aliphatic rings. The first kappa shape index (κ1) is 13.9. The van der Waals surface area contributed by atoms with Crippen LogP contribution in [0.5, 0.6) is 0 Å². The van der Waals surface area contributed by atoms with Gasteiger partial charge in [-0.25, -0.2) is 9.67 Å². The van der Waals surface area contributed by atoms with Gasteiger partial charge in [0.1, 0.15) is 5.69 Å². The molecule has 5 rings (SSSR count). The average Bonchev–Trinajstić information content (AvgIpc) is 3.29. The third kappa shape index (κ3) is 2.29. The number of H-pyrrole nitrogens is 1. The Balaban J connectivity index is 1.55. The SMILES string of the molecule is OC1Nc2ccccc2C=C1c1cn(-c2ccc3nc[nH]c3c2)nn1. The van der Waals surface area contributed by atoms with Gasteiger partial charge < -0.3 is 15.4 Å². The van der Waals surface area contributed by atoms with Crippen molar-refractivity contribution in [2.24, 2.45) is 0 Å². The van der Waals surface area contributed by atoms with Crippen LogP contribution in [-0.2, 0) is 0 Å². The van der Waals surface area contributed by atoms with Gasteiger partial charge in [0.05, 0.1) is 29.2 Å². The molecule has 1 unspecified atom stereocenters. The van der Waals surface area contributed by atoms with Crippen molar-refractivity contribution in [3.05, 3.63) is 66.2 Å². The Labute approximate surface area is 142 Å². The Bertz CT molecular complexity index is 1110. The quantitative estimate of drug-likeness (QED) is 0.525. The van der Waals surface area contributed by atoms with Gasteiger partial charge in [-0.05, 0) is 35.9 Å². The van der Waals surface area contributed by atoms with E-state index in [4.69, 9.17) is 0 Å². The van der Waals surface area contributed by atoms with Gasteiger partial charge in [-0.2, -0.15) is 0 Å². The molecule has 25 heavy (non-hydrogen) atoms. The standard InChI is InChI=1S/C18H14N6O/c25-18-13(7-11-3-1-2-4-14(11)21-18)17-9-24(23-22-17)12-5-6-15-16(8-12)20-10-19-15/h1-10,18,21,25H,(H,19,20). The number of fused-ring (bicyclic) bond motifs is 2. The molecule has 0 saturated carbocycles. The topological polar surface area (TPSA) is 91.7 Å². The maximum atomic E-state index is 10.4. The summed E-state index contributed by atoms with van der Waals surface area (Å²) in [6.07, 6.45) is 4.58. The van der Waals surface area contributed by atoms with Gasteiger partial charge in [0.25, 0.3) is 0 Å². The van der Waals surface area contributed by atoms with Crippen LogP contribution in [0.1, 0.15) is 11.3 Å². The van der Waals surface area contributed by atoms with Gasteiger partial charge in [0.2, 0.25) is 0 Å². The van der Waals surface area contributed by atoms with E-state index in [9.17, 15) is 5.11 Å². The van der Waals surface area contributed by atoms with Crippen LogP contribution >= 0.6 is 0 Å². The van der Waals surface area contributed by atoms with Gasteiger partial charge in [-0.3, -0.25) is 0 Å². The molecule has 1 aliphatic heterocycles. The van der Waals surface area contributed by atoms with Gasteiger partial charge in [-0.15, -0.1) is 5.10 Å². The second-order valence-corrected chi connectivity index (χ2v) is 5.89. The smallest absolute Gasteiger partial charge is 0.153 e. The minimum Gasteiger partial charge on any atom is -0.369 e. The fraction of sp³-hybridized carbons (Fsp3) is 0.0556. The fourth-order valence-electron chi connectivity index (χ4n) is 3.03. The van der Waals surface area contributed by atoms with Gasteiger partial charge >= 0.3 is 0 Å². The number of benzene rings is 2. The minimum absolute atomic E-state index is 0.624. The Morgan fingerprint density at radius 1 is 1.12 bits per heavy atom. The number of rotatable bonds is 2. The predicted octanol–water partition coefficient (Wildman–Crippen LogP) is 2.43. The van der Waals surface area contributed by atoms with E-state index in [1.54, 1.807) is 11.0 Å². The first-order valence-electron chi connectivity index (χ1n) is 7.89. The third-order valence-electron chi connectivity index (χ3n) is 4.32. The Kier molecular flexibility index (Phi) is 2.95. The highest BCUT2D eigenvalue weighted by Gasteiger charge is 2.21. The molecule has 0 saturated heterocycles. The number of aliphatic hydroxyl groups excluding tert-OH is 1. The maximum absolute atomic E-state index is 10.4. The lowest BCUT2D eigenvalue weighted by atomic mass is 10.0. The molecule has 3 heterocycles. The molecule has 2 aromatic heterocycles. The molecule has 0 radical (unpaired) electrons. The van der Waals surface area contributed by atoms with E-state index in [-0.39, 0.29) is 0 Å². The summed E-state index contributed by atoms with van der Waals surface area (Å²) >= 11 is 0. The van der Waals surface area contributed by atoms with Crippen LogP contribution in [0.4, 0.5) is 5.69 Å². The minimum atomic E-state index is -0.824. The van der Waals surface area contributed by atoms with E-state index in [2.05, 4.69) is 25.6 Å². The highest BCUT2D eigenvalue weighted by atomic mass is 16.3. The number of para-hydroxylation sites is 1. The summed E-state index contributed by atoms with van der Waals surface area (Å²) < 4.78 is 1.68. The van der Waals surface area contributed by atoms with Gasteiger partial charge in [0, 0.05) is 11.3 Å². The number of hydrogen-bond acceptors (Lipinski definition) is 5. The number of aliphatic hydroxyl groups is 1. The van der Waals surface area contributed by atoms with Crippen molar-refractivity contribution in [2.45, 2.75) is 6.23 Å². The Morgan fingerprint density at radius 2 is 2.04 bits per heavy atom. The van der Waals surface area contributed by atoms with Crippen molar-refractivity contribution in [1.29, 1.82) is 0 Å². The highest BCUT2D eigenvalue weighted by Crippen LogP contribution is 2.30. The van der Waals surface area contributed by atoms with Crippen LogP contribution in [0.2, 0.25) is 0 Å². The second-order valence-electron chi connectivity index (χ2n) is 5.89. The molecule has 1 atom stereocenters. The van der Waals surface area contributed by atoms with E-state index in [0.29, 0.717) is 11.3 Å².